The van der Waals surface area contributed by atoms with E-state index in [4.69, 9.17) is 0 Å². The lowest BCUT2D eigenvalue weighted by Crippen LogP contribution is -2.55. The summed E-state index contributed by atoms with van der Waals surface area (Å²) in [6.45, 7) is 0.246. The molecule has 0 unspecified atom stereocenters. The molecular formula is C13H17F3N2O2S. The lowest BCUT2D eigenvalue weighted by Gasteiger charge is -2.39. The molecule has 0 spiro atoms. The number of urea groups is 1. The van der Waals surface area contributed by atoms with Gasteiger partial charge in [0, 0.05) is 32.5 Å². The second-order valence-electron chi connectivity index (χ2n) is 5.13. The van der Waals surface area contributed by atoms with Gasteiger partial charge in [-0.25, -0.2) is 4.79 Å². The summed E-state index contributed by atoms with van der Waals surface area (Å²) in [6, 6.07) is 1.58. The van der Waals surface area contributed by atoms with Crippen LogP contribution in [-0.2, 0) is 6.42 Å². The van der Waals surface area contributed by atoms with Gasteiger partial charge in [-0.2, -0.15) is 24.5 Å². The van der Waals surface area contributed by atoms with Gasteiger partial charge in [-0.15, -0.1) is 0 Å². The third-order valence-electron chi connectivity index (χ3n) is 3.68. The molecule has 0 radical (unpaired) electrons. The molecule has 1 aromatic heterocycles. The Morgan fingerprint density at radius 3 is 2.62 bits per heavy atom. The number of nitrogens with zero attached hydrogens (tertiary/aromatic N) is 1. The zero-order valence-electron chi connectivity index (χ0n) is 11.3. The number of likely N-dealkylation sites (tertiary alicyclic amines) is 1. The number of hydrogen-bond donors (Lipinski definition) is 2. The summed E-state index contributed by atoms with van der Waals surface area (Å²) in [5.74, 6) is 0. The first-order valence-electron chi connectivity index (χ1n) is 6.65. The van der Waals surface area contributed by atoms with Crippen LogP contribution in [0.4, 0.5) is 18.0 Å². The predicted octanol–water partition coefficient (Wildman–Crippen LogP) is 2.39. The van der Waals surface area contributed by atoms with Crippen molar-refractivity contribution in [1.29, 1.82) is 0 Å². The summed E-state index contributed by atoms with van der Waals surface area (Å²) < 4.78 is 37.9. The van der Waals surface area contributed by atoms with Gasteiger partial charge in [-0.05, 0) is 28.8 Å². The molecule has 0 aliphatic carbocycles. The average Bonchev–Trinajstić information content (AvgIpc) is 2.91. The fourth-order valence-electron chi connectivity index (χ4n) is 2.22. The molecule has 1 aliphatic rings. The molecule has 0 bridgehead atoms. The predicted molar refractivity (Wildman–Crippen MR) is 73.2 cm³/mol. The Morgan fingerprint density at radius 1 is 1.43 bits per heavy atom. The molecule has 0 aromatic carbocycles. The number of carbonyl (C=O) groups is 1. The van der Waals surface area contributed by atoms with E-state index in [9.17, 15) is 23.1 Å². The molecule has 21 heavy (non-hydrogen) atoms. The highest BCUT2D eigenvalue weighted by molar-refractivity contribution is 7.07. The molecular weight excluding hydrogens is 305 g/mol. The number of amides is 2. The van der Waals surface area contributed by atoms with Crippen molar-refractivity contribution >= 4 is 17.4 Å². The number of thiophene rings is 1. The minimum atomic E-state index is -4.64. The molecule has 4 nitrogen and oxygen atoms in total. The second kappa shape index (κ2) is 6.23. The molecule has 118 valence electrons. The largest absolute Gasteiger partial charge is 0.417 e. The summed E-state index contributed by atoms with van der Waals surface area (Å²) in [6.07, 6.45) is -4.91. The van der Waals surface area contributed by atoms with E-state index in [0.29, 0.717) is 13.0 Å². The smallest absolute Gasteiger partial charge is 0.380 e. The van der Waals surface area contributed by atoms with Crippen LogP contribution in [0.5, 0.6) is 0 Å². The maximum atomic E-state index is 12.6. The normalized spacial score (nSPS) is 18.6. The van der Waals surface area contributed by atoms with Crippen LogP contribution >= 0.6 is 11.3 Å². The van der Waals surface area contributed by atoms with Gasteiger partial charge in [0.15, 0.2) is 5.60 Å². The SMILES string of the molecule is O=C(NCCc1ccsc1)N1CCC(O)(C(F)(F)F)CC1. The molecule has 1 aliphatic heterocycles. The van der Waals surface area contributed by atoms with Crippen molar-refractivity contribution in [2.45, 2.75) is 31.0 Å². The van der Waals surface area contributed by atoms with E-state index in [1.54, 1.807) is 11.3 Å². The van der Waals surface area contributed by atoms with Crippen molar-refractivity contribution in [3.63, 3.8) is 0 Å². The maximum Gasteiger partial charge on any atom is 0.417 e. The Labute approximate surface area is 124 Å². The van der Waals surface area contributed by atoms with Gasteiger partial charge in [-0.3, -0.25) is 0 Å². The highest BCUT2D eigenvalue weighted by atomic mass is 32.1. The monoisotopic (exact) mass is 322 g/mol. The fourth-order valence-corrected chi connectivity index (χ4v) is 2.93. The Bertz CT molecular complexity index is 468. The van der Waals surface area contributed by atoms with Crippen molar-refractivity contribution in [3.8, 4) is 0 Å². The zero-order valence-corrected chi connectivity index (χ0v) is 12.1. The third kappa shape index (κ3) is 3.88. The molecule has 1 fully saturated rings. The third-order valence-corrected chi connectivity index (χ3v) is 4.41. The number of aliphatic hydroxyl groups is 1. The molecule has 1 aromatic rings. The molecule has 8 heteroatoms. The standard InChI is InChI=1S/C13H17F3N2O2S/c14-13(15,16)12(20)3-6-18(7-4-12)11(19)17-5-1-10-2-8-21-9-10/h2,8-9,20H,1,3-7H2,(H,17,19). The minimum absolute atomic E-state index is 0.0969. The molecule has 2 rings (SSSR count). The molecule has 2 heterocycles. The van der Waals surface area contributed by atoms with Crippen LogP contribution in [0.25, 0.3) is 0 Å². The van der Waals surface area contributed by atoms with E-state index in [0.717, 1.165) is 5.56 Å². The topological polar surface area (TPSA) is 52.6 Å². The number of hydrogen-bond acceptors (Lipinski definition) is 3. The number of alkyl halides is 3. The lowest BCUT2D eigenvalue weighted by molar-refractivity contribution is -0.271. The van der Waals surface area contributed by atoms with E-state index < -0.39 is 24.6 Å². The Hall–Kier alpha value is -1.28. The van der Waals surface area contributed by atoms with Gasteiger partial charge in [-0.1, -0.05) is 0 Å². The van der Waals surface area contributed by atoms with Crippen molar-refractivity contribution < 1.29 is 23.1 Å². The van der Waals surface area contributed by atoms with E-state index in [1.165, 1.54) is 4.90 Å². The Kier molecular flexibility index (Phi) is 4.77. The number of rotatable bonds is 3. The van der Waals surface area contributed by atoms with E-state index in [1.807, 2.05) is 16.8 Å². The first-order chi connectivity index (χ1) is 9.82. The van der Waals surface area contributed by atoms with E-state index in [2.05, 4.69) is 5.32 Å². The maximum absolute atomic E-state index is 12.6. The molecule has 1 saturated heterocycles. The highest BCUT2D eigenvalue weighted by Crippen LogP contribution is 2.38. The Balaban J connectivity index is 1.75. The minimum Gasteiger partial charge on any atom is -0.380 e. The van der Waals surface area contributed by atoms with Crippen LogP contribution in [0.3, 0.4) is 0 Å². The van der Waals surface area contributed by atoms with Crippen LogP contribution in [0, 0.1) is 0 Å². The van der Waals surface area contributed by atoms with E-state index >= 15 is 0 Å². The zero-order chi connectivity index (χ0) is 15.5. The number of nitrogens with one attached hydrogen (secondary N) is 1. The van der Waals surface area contributed by atoms with Crippen molar-refractivity contribution in [2.24, 2.45) is 0 Å². The van der Waals surface area contributed by atoms with Gasteiger partial charge in [0.1, 0.15) is 0 Å². The number of halogens is 3. The van der Waals surface area contributed by atoms with Crippen LogP contribution in [0.2, 0.25) is 0 Å². The van der Waals surface area contributed by atoms with Crippen LogP contribution in [-0.4, -0.2) is 47.4 Å². The van der Waals surface area contributed by atoms with Crippen LogP contribution in [0.1, 0.15) is 18.4 Å². The quantitative estimate of drug-likeness (QED) is 0.898. The summed E-state index contributed by atoms with van der Waals surface area (Å²) >= 11 is 1.57. The van der Waals surface area contributed by atoms with Crippen LogP contribution in [0.15, 0.2) is 16.8 Å². The van der Waals surface area contributed by atoms with Crippen molar-refractivity contribution in [3.05, 3.63) is 22.4 Å². The summed E-state index contributed by atoms with van der Waals surface area (Å²) in [5.41, 5.74) is -1.55. The molecule has 2 N–H and O–H groups in total. The Morgan fingerprint density at radius 2 is 2.10 bits per heavy atom. The van der Waals surface area contributed by atoms with E-state index in [-0.39, 0.29) is 19.1 Å². The van der Waals surface area contributed by atoms with Crippen molar-refractivity contribution in [2.75, 3.05) is 19.6 Å². The first-order valence-corrected chi connectivity index (χ1v) is 7.59. The molecule has 0 atom stereocenters. The van der Waals surface area contributed by atoms with Gasteiger partial charge < -0.3 is 15.3 Å². The van der Waals surface area contributed by atoms with Gasteiger partial charge >= 0.3 is 12.2 Å². The summed E-state index contributed by atoms with van der Waals surface area (Å²) in [5, 5.41) is 16.1. The molecule has 2 amide bonds. The first kappa shape index (κ1) is 16.1. The summed E-state index contributed by atoms with van der Waals surface area (Å²) in [4.78, 5) is 13.2. The lowest BCUT2D eigenvalue weighted by atomic mass is 9.91. The number of piperidine rings is 1. The average molecular weight is 322 g/mol. The van der Waals surface area contributed by atoms with Gasteiger partial charge in [0.05, 0.1) is 0 Å². The molecule has 0 saturated carbocycles. The van der Waals surface area contributed by atoms with Crippen molar-refractivity contribution in [1.82, 2.24) is 10.2 Å². The number of carbonyl (C=O) groups excluding carboxylic acids is 1. The summed E-state index contributed by atoms with van der Waals surface area (Å²) in [7, 11) is 0. The fraction of sp³-hybridized carbons (Fsp3) is 0.615. The highest BCUT2D eigenvalue weighted by Gasteiger charge is 2.54. The van der Waals surface area contributed by atoms with Gasteiger partial charge in [0.2, 0.25) is 0 Å². The second-order valence-corrected chi connectivity index (χ2v) is 5.91. The van der Waals surface area contributed by atoms with Crippen LogP contribution < -0.4 is 5.32 Å². The van der Waals surface area contributed by atoms with Gasteiger partial charge in [0.25, 0.3) is 0 Å².